The van der Waals surface area contributed by atoms with Gasteiger partial charge in [-0.2, -0.15) is 0 Å². The van der Waals surface area contributed by atoms with Crippen LogP contribution in [0.25, 0.3) is 0 Å². The van der Waals surface area contributed by atoms with Gasteiger partial charge in [0, 0.05) is 23.5 Å². The van der Waals surface area contributed by atoms with Crippen molar-refractivity contribution in [3.05, 3.63) is 62.5 Å². The second-order valence-electron chi connectivity index (χ2n) is 7.10. The van der Waals surface area contributed by atoms with E-state index >= 15 is 0 Å². The van der Waals surface area contributed by atoms with Gasteiger partial charge in [-0.15, -0.1) is 0 Å². The number of dihydropyridines is 1. The van der Waals surface area contributed by atoms with Gasteiger partial charge < -0.3 is 15.2 Å². The number of ether oxygens (including phenoxy) is 1. The minimum atomic E-state index is -1.19. The Bertz CT molecular complexity index is 896. The summed E-state index contributed by atoms with van der Waals surface area (Å²) in [6.45, 7) is 3.29. The fraction of sp³-hybridized carbons (Fsp3) is 0.400. The molecule has 1 aromatic rings. The zero-order chi connectivity index (χ0) is 20.4. The largest absolute Gasteiger partial charge is 0.478 e. The zero-order valence-corrected chi connectivity index (χ0v) is 15.7. The molecule has 0 radical (unpaired) electrons. The molecular weight excluding hydrogens is 364 g/mol. The second kappa shape index (κ2) is 7.84. The molecule has 8 nitrogen and oxygen atoms in total. The third-order valence-electron chi connectivity index (χ3n) is 5.20. The number of non-ortho nitro benzene ring substituents is 1. The molecule has 1 aliphatic heterocycles. The lowest BCUT2D eigenvalue weighted by Gasteiger charge is -2.30. The lowest BCUT2D eigenvalue weighted by molar-refractivity contribution is -0.384. The van der Waals surface area contributed by atoms with Gasteiger partial charge in [0.2, 0.25) is 0 Å². The van der Waals surface area contributed by atoms with E-state index in [0.29, 0.717) is 17.0 Å². The summed E-state index contributed by atoms with van der Waals surface area (Å²) in [4.78, 5) is 35.6. The van der Waals surface area contributed by atoms with Gasteiger partial charge in [0.05, 0.1) is 22.0 Å². The van der Waals surface area contributed by atoms with Gasteiger partial charge in [-0.1, -0.05) is 12.1 Å². The van der Waals surface area contributed by atoms with E-state index in [-0.39, 0.29) is 22.9 Å². The van der Waals surface area contributed by atoms with Crippen LogP contribution in [0.2, 0.25) is 0 Å². The van der Waals surface area contributed by atoms with Gasteiger partial charge >= 0.3 is 11.9 Å². The van der Waals surface area contributed by atoms with Crippen LogP contribution >= 0.6 is 0 Å². The molecule has 1 unspecified atom stereocenters. The Morgan fingerprint density at radius 1 is 1.18 bits per heavy atom. The van der Waals surface area contributed by atoms with Gasteiger partial charge in [-0.05, 0) is 45.1 Å². The van der Waals surface area contributed by atoms with Crippen LogP contribution in [-0.2, 0) is 14.3 Å². The molecule has 2 aliphatic rings. The third kappa shape index (κ3) is 3.76. The van der Waals surface area contributed by atoms with Crippen molar-refractivity contribution in [2.75, 3.05) is 0 Å². The van der Waals surface area contributed by atoms with Crippen molar-refractivity contribution in [3.8, 4) is 0 Å². The average molecular weight is 386 g/mol. The third-order valence-corrected chi connectivity index (χ3v) is 5.20. The first-order chi connectivity index (χ1) is 13.3. The highest BCUT2D eigenvalue weighted by Gasteiger charge is 2.38. The lowest BCUT2D eigenvalue weighted by atomic mass is 9.80. The van der Waals surface area contributed by atoms with Gasteiger partial charge in [0.25, 0.3) is 5.69 Å². The topological polar surface area (TPSA) is 119 Å². The summed E-state index contributed by atoms with van der Waals surface area (Å²) < 4.78 is 5.63. The van der Waals surface area contributed by atoms with Crippen LogP contribution in [-0.4, -0.2) is 28.1 Å². The number of nitrogens with zero attached hydrogens (tertiary/aromatic N) is 1. The first kappa shape index (κ1) is 19.6. The highest BCUT2D eigenvalue weighted by Crippen LogP contribution is 2.40. The van der Waals surface area contributed by atoms with Crippen molar-refractivity contribution in [1.29, 1.82) is 0 Å². The zero-order valence-electron chi connectivity index (χ0n) is 15.7. The molecule has 1 heterocycles. The summed E-state index contributed by atoms with van der Waals surface area (Å²) in [7, 11) is 0. The number of esters is 1. The van der Waals surface area contributed by atoms with Crippen molar-refractivity contribution in [1.82, 2.24) is 5.32 Å². The number of hydrogen-bond donors (Lipinski definition) is 2. The van der Waals surface area contributed by atoms with Gasteiger partial charge in [-0.25, -0.2) is 9.59 Å². The second-order valence-corrected chi connectivity index (χ2v) is 7.10. The lowest BCUT2D eigenvalue weighted by Crippen LogP contribution is -2.32. The smallest absolute Gasteiger partial charge is 0.337 e. The molecule has 3 rings (SSSR count). The Morgan fingerprint density at radius 2 is 1.82 bits per heavy atom. The van der Waals surface area contributed by atoms with E-state index < -0.39 is 22.8 Å². The monoisotopic (exact) mass is 386 g/mol. The maximum absolute atomic E-state index is 13.0. The van der Waals surface area contributed by atoms with Gasteiger partial charge in [0.15, 0.2) is 0 Å². The number of rotatable bonds is 5. The molecule has 1 aliphatic carbocycles. The summed E-state index contributed by atoms with van der Waals surface area (Å²) in [6, 6.07) is 5.71. The number of benzene rings is 1. The highest BCUT2D eigenvalue weighted by atomic mass is 16.6. The summed E-state index contributed by atoms with van der Waals surface area (Å²) in [5.74, 6) is -2.73. The van der Waals surface area contributed by atoms with Crippen LogP contribution in [0, 0.1) is 10.1 Å². The Balaban J connectivity index is 2.08. The van der Waals surface area contributed by atoms with E-state index in [9.17, 15) is 24.8 Å². The first-order valence-electron chi connectivity index (χ1n) is 9.16. The number of carbonyl (C=O) groups excluding carboxylic acids is 1. The van der Waals surface area contributed by atoms with E-state index in [2.05, 4.69) is 5.32 Å². The number of aliphatic carboxylic acids is 1. The molecule has 0 bridgehead atoms. The minimum absolute atomic E-state index is 0.0236. The molecule has 1 fully saturated rings. The molecule has 0 spiro atoms. The van der Waals surface area contributed by atoms with Crippen LogP contribution in [0.4, 0.5) is 5.69 Å². The highest BCUT2D eigenvalue weighted by molar-refractivity contribution is 5.99. The molecule has 28 heavy (non-hydrogen) atoms. The molecule has 8 heteroatoms. The van der Waals surface area contributed by atoms with Crippen molar-refractivity contribution in [2.45, 2.75) is 51.6 Å². The van der Waals surface area contributed by atoms with Crippen LogP contribution in [0.5, 0.6) is 0 Å². The maximum atomic E-state index is 13.0. The number of nitro benzene ring substituents is 1. The van der Waals surface area contributed by atoms with Crippen LogP contribution in [0.3, 0.4) is 0 Å². The van der Waals surface area contributed by atoms with E-state index in [4.69, 9.17) is 4.74 Å². The predicted molar refractivity (Wildman–Crippen MR) is 100 cm³/mol. The molecule has 148 valence electrons. The van der Waals surface area contributed by atoms with Gasteiger partial charge in [0.1, 0.15) is 6.10 Å². The number of hydrogen-bond acceptors (Lipinski definition) is 6. The molecule has 1 saturated carbocycles. The van der Waals surface area contributed by atoms with Crippen LogP contribution in [0.1, 0.15) is 51.0 Å². The van der Waals surface area contributed by atoms with Crippen molar-refractivity contribution in [3.63, 3.8) is 0 Å². The first-order valence-corrected chi connectivity index (χ1v) is 9.16. The summed E-state index contributed by atoms with van der Waals surface area (Å²) in [5, 5.41) is 23.9. The van der Waals surface area contributed by atoms with Crippen molar-refractivity contribution in [2.24, 2.45) is 0 Å². The minimum Gasteiger partial charge on any atom is -0.478 e. The normalized spacial score (nSPS) is 20.1. The van der Waals surface area contributed by atoms with E-state index in [0.717, 1.165) is 25.7 Å². The molecule has 1 atom stereocenters. The van der Waals surface area contributed by atoms with Crippen molar-refractivity contribution < 1.29 is 24.4 Å². The summed E-state index contributed by atoms with van der Waals surface area (Å²) in [5.41, 5.74) is 1.23. The Morgan fingerprint density at radius 3 is 2.43 bits per heavy atom. The Labute approximate surface area is 162 Å². The molecule has 0 saturated heterocycles. The number of allylic oxidation sites excluding steroid dienone is 2. The fourth-order valence-electron chi connectivity index (χ4n) is 3.92. The SMILES string of the molecule is CC1=C(C(=O)O)C(c2cccc([N+](=O)[O-])c2)C(C(=O)OC2CCCC2)=C(C)N1. The number of carbonyl (C=O) groups is 2. The molecule has 1 aromatic carbocycles. The molecular formula is C20H22N2O6. The quantitative estimate of drug-likeness (QED) is 0.452. The van der Waals surface area contributed by atoms with E-state index in [1.165, 1.54) is 18.2 Å². The Kier molecular flexibility index (Phi) is 5.48. The number of nitrogens with one attached hydrogen (secondary N) is 1. The molecule has 0 amide bonds. The number of nitro groups is 1. The maximum Gasteiger partial charge on any atom is 0.337 e. The van der Waals surface area contributed by atoms with Crippen LogP contribution in [0.15, 0.2) is 46.8 Å². The van der Waals surface area contributed by atoms with Crippen LogP contribution < -0.4 is 5.32 Å². The fourth-order valence-corrected chi connectivity index (χ4v) is 3.92. The number of carboxylic acid groups (broad SMARTS) is 1. The van der Waals surface area contributed by atoms with Crippen molar-refractivity contribution >= 4 is 17.6 Å². The summed E-state index contributed by atoms with van der Waals surface area (Å²) >= 11 is 0. The molecule has 2 N–H and O–H groups in total. The standard InChI is InChI=1S/C20H22N2O6/c1-11-16(19(23)24)18(13-6-5-7-14(10-13)22(26)27)17(12(2)21-11)20(25)28-15-8-3-4-9-15/h5-7,10,15,18,21H,3-4,8-9H2,1-2H3,(H,23,24). The van der Waals surface area contributed by atoms with Gasteiger partial charge in [-0.3, -0.25) is 10.1 Å². The average Bonchev–Trinajstić information content (AvgIpc) is 3.13. The van der Waals surface area contributed by atoms with E-state index in [1.807, 2.05) is 0 Å². The summed E-state index contributed by atoms with van der Waals surface area (Å²) in [6.07, 6.45) is 3.37. The molecule has 0 aromatic heterocycles. The van der Waals surface area contributed by atoms with E-state index in [1.54, 1.807) is 19.9 Å². The Hall–Kier alpha value is -3.16. The predicted octanol–water partition coefficient (Wildman–Crippen LogP) is 3.40. The number of carboxylic acids is 1.